The highest BCUT2D eigenvalue weighted by molar-refractivity contribution is 6.86. The van der Waals surface area contributed by atoms with Crippen molar-refractivity contribution >= 4 is 35.2 Å². The summed E-state index contributed by atoms with van der Waals surface area (Å²) in [6.45, 7) is -0.161. The molecule has 3 heterocycles. The van der Waals surface area contributed by atoms with Gasteiger partial charge >= 0.3 is 6.98 Å². The minimum absolute atomic E-state index is 0.161. The molecular weight excluding hydrogens is 571 g/mol. The molecule has 0 amide bonds. The van der Waals surface area contributed by atoms with E-state index in [2.05, 4.69) is 171 Å². The van der Waals surface area contributed by atoms with Crippen molar-refractivity contribution in [2.24, 2.45) is 0 Å². The Morgan fingerprint density at radius 1 is 0.383 bits per heavy atom. The van der Waals surface area contributed by atoms with Gasteiger partial charge in [0.25, 0.3) is 0 Å². The summed E-state index contributed by atoms with van der Waals surface area (Å²) in [6.07, 6.45) is 5.57. The second kappa shape index (κ2) is 12.7. The topological polar surface area (TPSA) is 32.3 Å². The predicted octanol–water partition coefficient (Wildman–Crippen LogP) is 9.06. The summed E-state index contributed by atoms with van der Waals surface area (Å²) in [6, 6.07) is 60.1. The summed E-state index contributed by atoms with van der Waals surface area (Å²) in [5, 5.41) is 0. The largest absolute Gasteiger partial charge is 0.420 e. The summed E-state index contributed by atoms with van der Waals surface area (Å²) in [5.74, 6) is 0. The van der Waals surface area contributed by atoms with Crippen LogP contribution in [0.15, 0.2) is 188 Å². The van der Waals surface area contributed by atoms with Crippen LogP contribution in [0.4, 0.5) is 11.4 Å². The molecule has 7 aromatic rings. The van der Waals surface area contributed by atoms with Gasteiger partial charge in [0.15, 0.2) is 0 Å². The Kier molecular flexibility index (Phi) is 7.62. The Morgan fingerprint density at radius 2 is 0.894 bits per heavy atom. The van der Waals surface area contributed by atoms with Crippen molar-refractivity contribution in [1.82, 2.24) is 9.97 Å². The first-order chi connectivity index (χ1) is 23.3. The van der Waals surface area contributed by atoms with Crippen molar-refractivity contribution in [3.63, 3.8) is 0 Å². The summed E-state index contributed by atoms with van der Waals surface area (Å²) in [7, 11) is 0. The average Bonchev–Trinajstić information content (AvgIpc) is 3.53. The highest BCUT2D eigenvalue weighted by atomic mass is 15.3. The Bertz CT molecular complexity index is 1970. The van der Waals surface area contributed by atoms with Gasteiger partial charge < -0.3 is 9.62 Å². The molecule has 47 heavy (non-hydrogen) atoms. The lowest BCUT2D eigenvalue weighted by Gasteiger charge is -2.32. The van der Waals surface area contributed by atoms with E-state index in [0.29, 0.717) is 0 Å². The zero-order valence-electron chi connectivity index (χ0n) is 25.8. The molecule has 0 radical (unpaired) electrons. The van der Waals surface area contributed by atoms with E-state index in [9.17, 15) is 0 Å². The molecule has 8 rings (SSSR count). The number of pyridine rings is 2. The Balaban J connectivity index is 1.37. The molecule has 0 saturated carbocycles. The van der Waals surface area contributed by atoms with Crippen LogP contribution < -0.4 is 15.1 Å². The molecule has 0 fully saturated rings. The van der Waals surface area contributed by atoms with Crippen LogP contribution >= 0.6 is 0 Å². The molecule has 0 saturated heterocycles. The van der Waals surface area contributed by atoms with E-state index in [1.807, 2.05) is 36.8 Å². The molecule has 1 aliphatic rings. The SMILES string of the molecule is c1ccc(B2N(c3ccc(-c4cccnc4)cc3)C(c3ccccc3)=C(c3ccccc3)N2c2ccc(-c3ccccn3)cc2)cc1. The van der Waals surface area contributed by atoms with Crippen LogP contribution in [0.1, 0.15) is 11.1 Å². The van der Waals surface area contributed by atoms with E-state index in [4.69, 9.17) is 0 Å². The smallest absolute Gasteiger partial charge is 0.359 e. The molecule has 0 spiro atoms. The maximum absolute atomic E-state index is 4.60. The zero-order chi connectivity index (χ0) is 31.4. The van der Waals surface area contributed by atoms with Crippen LogP contribution in [0.25, 0.3) is 33.8 Å². The first-order valence-corrected chi connectivity index (χ1v) is 15.9. The standard InChI is InChI=1S/C42H31BN4/c1-4-13-34(14-5-1)41-42(35-15-6-2-7-16-35)47(39-27-23-33(24-28-39)40-20-10-11-30-45-40)43(37-18-8-3-9-19-37)46(41)38-25-21-32(22-26-38)36-17-12-29-44-31-36/h1-31H. The Hall–Kier alpha value is -6.20. The van der Waals surface area contributed by atoms with Crippen molar-refractivity contribution in [1.29, 1.82) is 0 Å². The maximum atomic E-state index is 4.60. The summed E-state index contributed by atoms with van der Waals surface area (Å²) >= 11 is 0. The van der Waals surface area contributed by atoms with E-state index in [1.54, 1.807) is 0 Å². The fraction of sp³-hybridized carbons (Fsp3) is 0. The van der Waals surface area contributed by atoms with Crippen molar-refractivity contribution in [3.8, 4) is 22.4 Å². The summed E-state index contributed by atoms with van der Waals surface area (Å²) < 4.78 is 0. The first kappa shape index (κ1) is 28.3. The van der Waals surface area contributed by atoms with Crippen LogP contribution in [0, 0.1) is 0 Å². The Labute approximate surface area is 276 Å². The van der Waals surface area contributed by atoms with Crippen molar-refractivity contribution in [3.05, 3.63) is 200 Å². The molecule has 1 aliphatic heterocycles. The lowest BCUT2D eigenvalue weighted by Crippen LogP contribution is -2.54. The van der Waals surface area contributed by atoms with Crippen LogP contribution in [0.5, 0.6) is 0 Å². The molecule has 5 aromatic carbocycles. The maximum Gasteiger partial charge on any atom is 0.420 e. The average molecular weight is 603 g/mol. The normalized spacial score (nSPS) is 12.9. The van der Waals surface area contributed by atoms with Crippen molar-refractivity contribution in [2.45, 2.75) is 0 Å². The quantitative estimate of drug-likeness (QED) is 0.171. The number of hydrogen-bond donors (Lipinski definition) is 0. The molecular formula is C42H31BN4. The number of rotatable bonds is 7. The van der Waals surface area contributed by atoms with Gasteiger partial charge in [-0.25, -0.2) is 0 Å². The van der Waals surface area contributed by atoms with Gasteiger partial charge in [-0.2, -0.15) is 0 Å². The molecule has 0 bridgehead atoms. The van der Waals surface area contributed by atoms with E-state index < -0.39 is 0 Å². The van der Waals surface area contributed by atoms with Gasteiger partial charge in [0.2, 0.25) is 0 Å². The monoisotopic (exact) mass is 602 g/mol. The molecule has 5 heteroatoms. The molecule has 0 N–H and O–H groups in total. The van der Waals surface area contributed by atoms with Crippen LogP contribution in [0.3, 0.4) is 0 Å². The minimum Gasteiger partial charge on any atom is -0.359 e. The number of hydrogen-bond acceptors (Lipinski definition) is 4. The highest BCUT2D eigenvalue weighted by Gasteiger charge is 2.46. The number of aromatic nitrogens is 2. The molecule has 222 valence electrons. The predicted molar refractivity (Wildman–Crippen MR) is 196 cm³/mol. The molecule has 0 atom stereocenters. The molecule has 4 nitrogen and oxygen atoms in total. The van der Waals surface area contributed by atoms with Crippen LogP contribution in [-0.2, 0) is 0 Å². The zero-order valence-corrected chi connectivity index (χ0v) is 25.8. The van der Waals surface area contributed by atoms with Gasteiger partial charge in [-0.15, -0.1) is 0 Å². The van der Waals surface area contributed by atoms with Crippen LogP contribution in [0.2, 0.25) is 0 Å². The van der Waals surface area contributed by atoms with Crippen molar-refractivity contribution < 1.29 is 0 Å². The first-order valence-electron chi connectivity index (χ1n) is 15.9. The second-order valence-electron chi connectivity index (χ2n) is 11.5. The van der Waals surface area contributed by atoms with Gasteiger partial charge in [-0.3, -0.25) is 9.97 Å². The summed E-state index contributed by atoms with van der Waals surface area (Å²) in [5.41, 5.74) is 12.3. The van der Waals surface area contributed by atoms with Gasteiger partial charge in [0.1, 0.15) is 0 Å². The second-order valence-corrected chi connectivity index (χ2v) is 11.5. The number of nitrogens with zero attached hydrogens (tertiary/aromatic N) is 4. The van der Waals surface area contributed by atoms with Crippen LogP contribution in [-0.4, -0.2) is 17.0 Å². The lowest BCUT2D eigenvalue weighted by molar-refractivity contribution is 1.32. The van der Waals surface area contributed by atoms with E-state index >= 15 is 0 Å². The van der Waals surface area contributed by atoms with Gasteiger partial charge in [-0.1, -0.05) is 127 Å². The van der Waals surface area contributed by atoms with Gasteiger partial charge in [-0.05, 0) is 70.2 Å². The molecule has 0 aliphatic carbocycles. The highest BCUT2D eigenvalue weighted by Crippen LogP contribution is 2.45. The molecule has 0 unspecified atom stereocenters. The molecule has 2 aromatic heterocycles. The number of anilines is 2. The third kappa shape index (κ3) is 5.49. The van der Waals surface area contributed by atoms with E-state index in [-0.39, 0.29) is 6.98 Å². The third-order valence-corrected chi connectivity index (χ3v) is 8.63. The number of benzene rings is 5. The lowest BCUT2D eigenvalue weighted by atomic mass is 9.64. The van der Waals surface area contributed by atoms with E-state index in [1.165, 1.54) is 5.46 Å². The fourth-order valence-electron chi connectivity index (χ4n) is 6.47. The fourth-order valence-corrected chi connectivity index (χ4v) is 6.47. The van der Waals surface area contributed by atoms with Crippen molar-refractivity contribution in [2.75, 3.05) is 9.62 Å². The van der Waals surface area contributed by atoms with E-state index in [0.717, 1.165) is 56.3 Å². The summed E-state index contributed by atoms with van der Waals surface area (Å²) in [4.78, 5) is 13.9. The Morgan fingerprint density at radius 3 is 1.40 bits per heavy atom. The minimum atomic E-state index is -0.161. The third-order valence-electron chi connectivity index (χ3n) is 8.63. The van der Waals surface area contributed by atoms with Gasteiger partial charge in [0, 0.05) is 35.5 Å². The van der Waals surface area contributed by atoms with Gasteiger partial charge in [0.05, 0.1) is 17.1 Å².